The minimum Gasteiger partial charge on any atom is -0.394 e. The topological polar surface area (TPSA) is 293 Å². The third-order valence-electron chi connectivity index (χ3n) is 5.02. The molecule has 16 heteroatoms. The van der Waals surface area contributed by atoms with E-state index in [1.54, 1.807) is 0 Å². The second kappa shape index (κ2) is 10.3. The van der Waals surface area contributed by atoms with Gasteiger partial charge in [-0.3, -0.25) is 15.3 Å². The van der Waals surface area contributed by atoms with Crippen molar-refractivity contribution in [1.29, 1.82) is 0 Å². The molecule has 0 aromatic carbocycles. The number of aliphatic hydroxyl groups excluding tert-OH is 7. The highest BCUT2D eigenvalue weighted by molar-refractivity contribution is 5.86. The van der Waals surface area contributed by atoms with E-state index in [-0.39, 0.29) is 0 Å². The van der Waals surface area contributed by atoms with Crippen molar-refractivity contribution in [3.8, 4) is 0 Å². The normalized spacial score (nSPS) is 46.6. The minimum absolute atomic E-state index is 0.688. The number of ketones is 1. The Labute approximate surface area is 181 Å². The molecule has 0 aliphatic carbocycles. The Morgan fingerprint density at radius 2 is 1.38 bits per heavy atom. The Morgan fingerprint density at radius 3 is 1.78 bits per heavy atom. The van der Waals surface area contributed by atoms with Crippen molar-refractivity contribution in [2.75, 3.05) is 13.2 Å². The molecule has 0 bridgehead atoms. The molecule has 0 aromatic heterocycles. The summed E-state index contributed by atoms with van der Waals surface area (Å²) >= 11 is 0. The summed E-state index contributed by atoms with van der Waals surface area (Å²) in [6.07, 6.45) is -12.1. The number of Topliss-reactive ketones (excluding diaryl/α,β-unsaturated/α-hetero) is 1. The van der Waals surface area contributed by atoms with Gasteiger partial charge in [0.2, 0.25) is 5.91 Å². The number of amides is 1. The molecule has 2 unspecified atom stereocenters. The SMILES string of the molecule is CC(=O)NC1(O)O[C@H](CO)[C@@H](O)[C@H](O)[C@H]1O.CC(=O)[C@]1(O)[C@@H](O)[C@@H](CO)OC(N)(O)[C@@H]1O. The number of hydrogen-bond acceptors (Lipinski definition) is 15. The van der Waals surface area contributed by atoms with Crippen LogP contribution in [0.2, 0.25) is 0 Å². The number of aliphatic hydroxyl groups is 10. The van der Waals surface area contributed by atoms with E-state index < -0.39 is 85.1 Å². The fourth-order valence-corrected chi connectivity index (χ4v) is 3.18. The average molecular weight is 474 g/mol. The van der Waals surface area contributed by atoms with E-state index in [0.29, 0.717) is 0 Å². The molecule has 2 saturated heterocycles. The van der Waals surface area contributed by atoms with Crippen molar-refractivity contribution in [1.82, 2.24) is 5.32 Å². The summed E-state index contributed by atoms with van der Waals surface area (Å²) in [5, 5.41) is 95.8. The number of carbonyl (C=O) groups is 2. The van der Waals surface area contributed by atoms with Crippen molar-refractivity contribution in [2.45, 2.75) is 74.0 Å². The third kappa shape index (κ3) is 5.39. The Hall–Kier alpha value is -1.38. The maximum Gasteiger partial charge on any atom is 0.279 e. The fourth-order valence-electron chi connectivity index (χ4n) is 3.18. The predicted octanol–water partition coefficient (Wildman–Crippen LogP) is -7.73. The van der Waals surface area contributed by atoms with E-state index >= 15 is 0 Å². The first-order valence-corrected chi connectivity index (χ1v) is 9.23. The highest BCUT2D eigenvalue weighted by atomic mass is 16.7. The summed E-state index contributed by atoms with van der Waals surface area (Å²) < 4.78 is 9.31. The van der Waals surface area contributed by atoms with Crippen LogP contribution < -0.4 is 11.1 Å². The Balaban J connectivity index is 0.000000320. The second-order valence-electron chi connectivity index (χ2n) is 7.46. The zero-order valence-electron chi connectivity index (χ0n) is 17.1. The van der Waals surface area contributed by atoms with Crippen molar-refractivity contribution in [3.05, 3.63) is 0 Å². The van der Waals surface area contributed by atoms with E-state index in [1.807, 2.05) is 5.32 Å². The molecule has 0 spiro atoms. The monoisotopic (exact) mass is 474 g/mol. The van der Waals surface area contributed by atoms with Gasteiger partial charge in [0.25, 0.3) is 11.8 Å². The molecule has 2 heterocycles. The molecule has 13 N–H and O–H groups in total. The van der Waals surface area contributed by atoms with Gasteiger partial charge in [-0.05, 0) is 6.92 Å². The molecule has 10 atom stereocenters. The highest BCUT2D eigenvalue weighted by Gasteiger charge is 2.62. The van der Waals surface area contributed by atoms with E-state index in [9.17, 15) is 50.4 Å². The first kappa shape index (κ1) is 28.7. The lowest BCUT2D eigenvalue weighted by molar-refractivity contribution is -0.364. The van der Waals surface area contributed by atoms with Crippen LogP contribution in [0.4, 0.5) is 0 Å². The fraction of sp³-hybridized carbons (Fsp3) is 0.875. The lowest BCUT2D eigenvalue weighted by Gasteiger charge is -2.48. The van der Waals surface area contributed by atoms with Crippen LogP contribution in [0.15, 0.2) is 0 Å². The van der Waals surface area contributed by atoms with Gasteiger partial charge in [-0.1, -0.05) is 0 Å². The summed E-state index contributed by atoms with van der Waals surface area (Å²) in [6, 6.07) is 0. The number of carbonyl (C=O) groups excluding carboxylic acids is 2. The van der Waals surface area contributed by atoms with Gasteiger partial charge >= 0.3 is 0 Å². The first-order valence-electron chi connectivity index (χ1n) is 9.23. The van der Waals surface area contributed by atoms with E-state index in [0.717, 1.165) is 13.8 Å². The van der Waals surface area contributed by atoms with Crippen molar-refractivity contribution in [3.63, 3.8) is 0 Å². The van der Waals surface area contributed by atoms with Gasteiger partial charge < -0.3 is 65.9 Å². The number of ether oxygens (including phenoxy) is 2. The van der Waals surface area contributed by atoms with E-state index in [2.05, 4.69) is 4.74 Å². The Kier molecular flexibility index (Phi) is 9.19. The van der Waals surface area contributed by atoms with Crippen LogP contribution >= 0.6 is 0 Å². The van der Waals surface area contributed by atoms with Crippen LogP contribution in [-0.2, 0) is 19.1 Å². The van der Waals surface area contributed by atoms with E-state index in [4.69, 9.17) is 20.7 Å². The maximum absolute atomic E-state index is 11.2. The van der Waals surface area contributed by atoms with Gasteiger partial charge in [-0.25, -0.2) is 0 Å². The standard InChI is InChI=1S/2C8H15NO7/c1-3(11)7(14)5(12)4(2-10)16-8(9,15)6(7)13;1-3(11)9-8(15)7(14)6(13)5(12)4(2-10)16-8/h4-6,10,12-15H,2,9H2,1H3;4-7,10,12-15H,2H2,1H3,(H,9,11)/t4-,5+,6-,7+,8?;4-,5-,6+,7-,8?/m11/s1. The molecule has 2 fully saturated rings. The van der Waals surface area contributed by atoms with Gasteiger partial charge in [-0.2, -0.15) is 0 Å². The summed E-state index contributed by atoms with van der Waals surface area (Å²) in [5.41, 5.74) is 2.43. The van der Waals surface area contributed by atoms with Crippen LogP contribution in [0.3, 0.4) is 0 Å². The molecule has 188 valence electrons. The lowest BCUT2D eigenvalue weighted by Crippen LogP contribution is -2.77. The summed E-state index contributed by atoms with van der Waals surface area (Å²) in [6.45, 7) is 0.498. The first-order chi connectivity index (χ1) is 14.5. The molecule has 0 aromatic rings. The molecule has 0 saturated carbocycles. The van der Waals surface area contributed by atoms with Crippen LogP contribution in [0.5, 0.6) is 0 Å². The van der Waals surface area contributed by atoms with Gasteiger partial charge in [0, 0.05) is 6.92 Å². The van der Waals surface area contributed by atoms with Gasteiger partial charge in [0.1, 0.15) is 30.5 Å². The summed E-state index contributed by atoms with van der Waals surface area (Å²) in [4.78, 5) is 22.0. The molecule has 2 aliphatic rings. The molecule has 2 aliphatic heterocycles. The largest absolute Gasteiger partial charge is 0.394 e. The van der Waals surface area contributed by atoms with Crippen molar-refractivity contribution >= 4 is 11.7 Å². The molecule has 2 rings (SSSR count). The second-order valence-corrected chi connectivity index (χ2v) is 7.46. The number of nitrogens with one attached hydrogen (secondary N) is 1. The quantitative estimate of drug-likeness (QED) is 0.168. The molecule has 1 amide bonds. The smallest absolute Gasteiger partial charge is 0.279 e. The van der Waals surface area contributed by atoms with Crippen LogP contribution in [0.25, 0.3) is 0 Å². The van der Waals surface area contributed by atoms with Crippen LogP contribution in [-0.4, -0.2) is 136 Å². The Bertz CT molecular complexity index is 677. The number of hydrogen-bond donors (Lipinski definition) is 12. The summed E-state index contributed by atoms with van der Waals surface area (Å²) in [7, 11) is 0. The van der Waals surface area contributed by atoms with Gasteiger partial charge in [0.15, 0.2) is 23.6 Å². The maximum atomic E-state index is 11.2. The third-order valence-corrected chi connectivity index (χ3v) is 5.02. The predicted molar refractivity (Wildman–Crippen MR) is 97.5 cm³/mol. The molecular weight excluding hydrogens is 444 g/mol. The van der Waals surface area contributed by atoms with Gasteiger partial charge in [-0.15, -0.1) is 0 Å². The average Bonchev–Trinajstić information content (AvgIpc) is 2.70. The molecule has 16 nitrogen and oxygen atoms in total. The lowest BCUT2D eigenvalue weighted by atomic mass is 9.80. The zero-order valence-corrected chi connectivity index (χ0v) is 17.1. The number of nitrogens with two attached hydrogens (primary N) is 1. The zero-order chi connectivity index (χ0) is 25.2. The highest BCUT2D eigenvalue weighted by Crippen LogP contribution is 2.33. The minimum atomic E-state index is -2.73. The van der Waals surface area contributed by atoms with Crippen molar-refractivity contribution < 1.29 is 70.1 Å². The summed E-state index contributed by atoms with van der Waals surface area (Å²) in [5.74, 6) is -6.97. The molecule has 0 radical (unpaired) electrons. The molecular formula is C16H30N2O14. The van der Waals surface area contributed by atoms with E-state index in [1.165, 1.54) is 0 Å². The Morgan fingerprint density at radius 1 is 0.875 bits per heavy atom. The van der Waals surface area contributed by atoms with Crippen LogP contribution in [0.1, 0.15) is 13.8 Å². The van der Waals surface area contributed by atoms with Gasteiger partial charge in [0.05, 0.1) is 13.2 Å². The molecule has 32 heavy (non-hydrogen) atoms. The number of rotatable bonds is 4. The van der Waals surface area contributed by atoms with Crippen molar-refractivity contribution in [2.24, 2.45) is 5.73 Å². The van der Waals surface area contributed by atoms with Crippen LogP contribution in [0, 0.1) is 0 Å².